The number of rotatable bonds is 2. The highest BCUT2D eigenvalue weighted by Crippen LogP contribution is 2.37. The van der Waals surface area contributed by atoms with Crippen LogP contribution in [0.15, 0.2) is 18.3 Å². The standard InChI is InChI=1S/C7H7ClN2O6P2/c8-4-1-2-5-9-6(17(11,12)13)3-10(5)7(4)18(14,15)16/h1-3H,(H2,11,12,13)(H2,14,15,16). The molecule has 98 valence electrons. The molecule has 0 aliphatic rings. The van der Waals surface area contributed by atoms with Crippen molar-refractivity contribution in [3.8, 4) is 0 Å². The maximum absolute atomic E-state index is 11.3. The number of pyridine rings is 1. The van der Waals surface area contributed by atoms with E-state index in [1.165, 1.54) is 12.1 Å². The van der Waals surface area contributed by atoms with Crippen LogP contribution < -0.4 is 10.9 Å². The number of hydrogen-bond acceptors (Lipinski definition) is 3. The van der Waals surface area contributed by atoms with Crippen molar-refractivity contribution in [3.05, 3.63) is 23.4 Å². The molecule has 0 aliphatic carbocycles. The highest BCUT2D eigenvalue weighted by molar-refractivity contribution is 7.60. The molecule has 0 bridgehead atoms. The second-order valence-electron chi connectivity index (χ2n) is 3.42. The Hall–Kier alpha value is -0.720. The van der Waals surface area contributed by atoms with Crippen LogP contribution in [0.3, 0.4) is 0 Å². The molecular formula is C7H7ClN2O6P2. The van der Waals surface area contributed by atoms with Gasteiger partial charge in [-0.05, 0) is 12.1 Å². The Balaban J connectivity index is 2.86. The topological polar surface area (TPSA) is 132 Å². The summed E-state index contributed by atoms with van der Waals surface area (Å²) in [4.78, 5) is 39.8. The van der Waals surface area contributed by atoms with E-state index < -0.39 is 26.1 Å². The van der Waals surface area contributed by atoms with Crippen LogP contribution in [-0.4, -0.2) is 29.0 Å². The van der Waals surface area contributed by atoms with Gasteiger partial charge in [0.25, 0.3) is 0 Å². The molecule has 0 saturated carbocycles. The van der Waals surface area contributed by atoms with Gasteiger partial charge in [-0.3, -0.25) is 13.5 Å². The van der Waals surface area contributed by atoms with E-state index in [4.69, 9.17) is 31.2 Å². The van der Waals surface area contributed by atoms with E-state index in [9.17, 15) is 9.13 Å². The van der Waals surface area contributed by atoms with Crippen molar-refractivity contribution in [3.63, 3.8) is 0 Å². The van der Waals surface area contributed by atoms with Crippen LogP contribution in [0.2, 0.25) is 5.02 Å². The van der Waals surface area contributed by atoms with Crippen molar-refractivity contribution in [1.29, 1.82) is 0 Å². The SMILES string of the molecule is O=P(O)(O)c1cn2c(P(=O)(O)O)c(Cl)ccc2n1. The van der Waals surface area contributed by atoms with Crippen LogP contribution in [0.1, 0.15) is 0 Å². The molecule has 2 aromatic rings. The molecule has 18 heavy (non-hydrogen) atoms. The zero-order valence-corrected chi connectivity index (χ0v) is 11.0. The van der Waals surface area contributed by atoms with Crippen LogP contribution in [0, 0.1) is 0 Å². The summed E-state index contributed by atoms with van der Waals surface area (Å²) in [5, 5.41) is -0.217. The Labute approximate surface area is 105 Å². The Bertz CT molecular complexity index is 716. The van der Waals surface area contributed by atoms with Gasteiger partial charge < -0.3 is 19.6 Å². The highest BCUT2D eigenvalue weighted by Gasteiger charge is 2.28. The van der Waals surface area contributed by atoms with E-state index in [0.29, 0.717) is 0 Å². The second-order valence-corrected chi connectivity index (χ2v) is 6.89. The summed E-state index contributed by atoms with van der Waals surface area (Å²) in [6.45, 7) is 0. The normalized spacial score (nSPS) is 13.2. The first-order chi connectivity index (χ1) is 8.10. The number of aromatic nitrogens is 2. The van der Waals surface area contributed by atoms with Crippen molar-refractivity contribution < 1.29 is 28.7 Å². The zero-order chi connectivity index (χ0) is 13.7. The molecule has 0 fully saturated rings. The Morgan fingerprint density at radius 1 is 1.11 bits per heavy atom. The second kappa shape index (κ2) is 4.15. The molecule has 0 atom stereocenters. The summed E-state index contributed by atoms with van der Waals surface area (Å²) < 4.78 is 23.2. The third-order valence-electron chi connectivity index (χ3n) is 2.12. The summed E-state index contributed by atoms with van der Waals surface area (Å²) in [5.41, 5.74) is -1.16. The molecule has 2 heterocycles. The van der Waals surface area contributed by atoms with Gasteiger partial charge in [-0.1, -0.05) is 11.6 Å². The predicted molar refractivity (Wildman–Crippen MR) is 63.6 cm³/mol. The van der Waals surface area contributed by atoms with E-state index in [1.54, 1.807) is 0 Å². The lowest BCUT2D eigenvalue weighted by Crippen LogP contribution is -2.15. The molecule has 2 rings (SSSR count). The summed E-state index contributed by atoms with van der Waals surface area (Å²) in [6, 6.07) is 2.49. The number of halogens is 1. The Morgan fingerprint density at radius 2 is 1.72 bits per heavy atom. The zero-order valence-electron chi connectivity index (χ0n) is 8.50. The van der Waals surface area contributed by atoms with Crippen LogP contribution >= 0.6 is 26.8 Å². The fraction of sp³-hybridized carbons (Fsp3) is 0. The first-order valence-electron chi connectivity index (χ1n) is 4.40. The van der Waals surface area contributed by atoms with Gasteiger partial charge in [0.05, 0.1) is 5.02 Å². The fourth-order valence-corrected chi connectivity index (χ4v) is 3.20. The average Bonchev–Trinajstić information content (AvgIpc) is 2.57. The average molecular weight is 313 g/mol. The minimum atomic E-state index is -4.70. The number of hydrogen-bond donors (Lipinski definition) is 4. The maximum atomic E-state index is 11.3. The molecule has 0 aliphatic heterocycles. The van der Waals surface area contributed by atoms with Gasteiger partial charge >= 0.3 is 15.2 Å². The Morgan fingerprint density at radius 3 is 2.22 bits per heavy atom. The summed E-state index contributed by atoms with van der Waals surface area (Å²) >= 11 is 5.68. The lowest BCUT2D eigenvalue weighted by Gasteiger charge is -2.08. The molecule has 4 N–H and O–H groups in total. The van der Waals surface area contributed by atoms with Crippen LogP contribution in [0.25, 0.3) is 5.65 Å². The number of imidazole rings is 1. The van der Waals surface area contributed by atoms with Gasteiger partial charge in [-0.25, -0.2) is 4.98 Å². The Kier molecular flexibility index (Phi) is 3.16. The predicted octanol–water partition coefficient (Wildman–Crippen LogP) is -0.406. The molecular weight excluding hydrogens is 305 g/mol. The number of fused-ring (bicyclic) bond motifs is 1. The molecule has 2 aromatic heterocycles. The number of nitrogens with zero attached hydrogens (tertiary/aromatic N) is 2. The van der Waals surface area contributed by atoms with E-state index in [0.717, 1.165) is 10.6 Å². The molecule has 8 nitrogen and oxygen atoms in total. The lowest BCUT2D eigenvalue weighted by atomic mass is 10.5. The van der Waals surface area contributed by atoms with Crippen LogP contribution in [-0.2, 0) is 9.13 Å². The van der Waals surface area contributed by atoms with Crippen LogP contribution in [0.5, 0.6) is 0 Å². The molecule has 0 radical (unpaired) electrons. The maximum Gasteiger partial charge on any atom is 0.376 e. The van der Waals surface area contributed by atoms with Crippen molar-refractivity contribution in [2.75, 3.05) is 0 Å². The molecule has 0 amide bonds. The third-order valence-corrected chi connectivity index (χ3v) is 4.37. The molecule has 0 unspecified atom stereocenters. The molecule has 0 aromatic carbocycles. The molecule has 0 saturated heterocycles. The minimum absolute atomic E-state index is 0.0175. The lowest BCUT2D eigenvalue weighted by molar-refractivity contribution is 0.383. The minimum Gasteiger partial charge on any atom is -0.320 e. The smallest absolute Gasteiger partial charge is 0.320 e. The summed E-state index contributed by atoms with van der Waals surface area (Å²) in [7, 11) is -9.31. The van der Waals surface area contributed by atoms with Gasteiger partial charge in [0.15, 0.2) is 10.9 Å². The van der Waals surface area contributed by atoms with Crippen molar-refractivity contribution in [1.82, 2.24) is 9.38 Å². The van der Waals surface area contributed by atoms with Crippen molar-refractivity contribution in [2.45, 2.75) is 0 Å². The quantitative estimate of drug-likeness (QED) is 0.554. The highest BCUT2D eigenvalue weighted by atomic mass is 35.5. The van der Waals surface area contributed by atoms with Gasteiger partial charge in [-0.2, -0.15) is 0 Å². The van der Waals surface area contributed by atoms with Crippen molar-refractivity contribution >= 4 is 43.3 Å². The van der Waals surface area contributed by atoms with Crippen LogP contribution in [0.4, 0.5) is 0 Å². The molecule has 0 spiro atoms. The summed E-state index contributed by atoms with van der Waals surface area (Å²) in [6.07, 6.45) is 0.858. The first kappa shape index (κ1) is 13.7. The van der Waals surface area contributed by atoms with Gasteiger partial charge in [-0.15, -0.1) is 0 Å². The third kappa shape index (κ3) is 2.37. The van der Waals surface area contributed by atoms with E-state index in [2.05, 4.69) is 4.98 Å². The van der Waals surface area contributed by atoms with E-state index in [-0.39, 0.29) is 10.7 Å². The van der Waals surface area contributed by atoms with E-state index in [1.807, 2.05) is 0 Å². The monoisotopic (exact) mass is 312 g/mol. The van der Waals surface area contributed by atoms with Gasteiger partial charge in [0.2, 0.25) is 0 Å². The molecule has 11 heteroatoms. The first-order valence-corrected chi connectivity index (χ1v) is 8.01. The summed E-state index contributed by atoms with van der Waals surface area (Å²) in [5.74, 6) is 0. The van der Waals surface area contributed by atoms with E-state index >= 15 is 0 Å². The van der Waals surface area contributed by atoms with Gasteiger partial charge in [0, 0.05) is 6.20 Å². The van der Waals surface area contributed by atoms with Gasteiger partial charge in [0.1, 0.15) is 5.65 Å². The fourth-order valence-electron chi connectivity index (χ4n) is 1.43. The largest absolute Gasteiger partial charge is 0.376 e. The van der Waals surface area contributed by atoms with Crippen molar-refractivity contribution in [2.24, 2.45) is 0 Å².